The van der Waals surface area contributed by atoms with Gasteiger partial charge in [0.25, 0.3) is 5.91 Å². The second-order valence-corrected chi connectivity index (χ2v) is 9.29. The smallest absolute Gasteiger partial charge is 0.326 e. The Morgan fingerprint density at radius 3 is 2.57 bits per heavy atom. The number of hydrogen-bond donors (Lipinski definition) is 0. The van der Waals surface area contributed by atoms with Crippen LogP contribution in [0.3, 0.4) is 0 Å². The first kappa shape index (κ1) is 21.7. The van der Waals surface area contributed by atoms with Crippen molar-refractivity contribution in [1.29, 1.82) is 0 Å². The van der Waals surface area contributed by atoms with Crippen LogP contribution in [-0.2, 0) is 25.9 Å². The average Bonchev–Trinajstić information content (AvgIpc) is 3.03. The maximum absolute atomic E-state index is 12.9. The Hall–Kier alpha value is -2.98. The molecule has 1 heterocycles. The first-order chi connectivity index (χ1) is 14.2. The van der Waals surface area contributed by atoms with Crippen LogP contribution in [0.25, 0.3) is 10.2 Å². The van der Waals surface area contributed by atoms with Gasteiger partial charge in [-0.25, -0.2) is 8.42 Å². The number of carbonyl (C=O) groups excluding carboxylic acids is 2. The number of sulfone groups is 1. The van der Waals surface area contributed by atoms with E-state index >= 15 is 0 Å². The highest BCUT2D eigenvalue weighted by Crippen LogP contribution is 2.23. The molecule has 158 valence electrons. The molecular weight excluding hydrogens is 428 g/mol. The standard InChI is InChI=1S/C20H20N2O6S2/c1-4-28-18(23)12-22-15-10-9-13(27-2)11-16(15)29-20(22)21-19(24)14-7-5-6-8-17(14)30(3,25)26/h5-11H,4,12H2,1-3H3. The molecule has 0 spiro atoms. The van der Waals surface area contributed by atoms with Crippen LogP contribution in [0.5, 0.6) is 5.75 Å². The molecule has 0 aliphatic rings. The molecule has 0 aliphatic heterocycles. The van der Waals surface area contributed by atoms with E-state index in [0.717, 1.165) is 11.0 Å². The number of ether oxygens (including phenoxy) is 2. The van der Waals surface area contributed by atoms with Gasteiger partial charge in [-0.3, -0.25) is 9.59 Å². The topological polar surface area (TPSA) is 104 Å². The van der Waals surface area contributed by atoms with E-state index in [1.165, 1.54) is 23.5 Å². The van der Waals surface area contributed by atoms with Gasteiger partial charge >= 0.3 is 5.97 Å². The number of carbonyl (C=O) groups is 2. The molecule has 0 saturated heterocycles. The van der Waals surface area contributed by atoms with Gasteiger partial charge in [-0.15, -0.1) is 0 Å². The van der Waals surface area contributed by atoms with Crippen molar-refractivity contribution < 1.29 is 27.5 Å². The van der Waals surface area contributed by atoms with Crippen molar-refractivity contribution in [1.82, 2.24) is 4.57 Å². The summed E-state index contributed by atoms with van der Waals surface area (Å²) in [4.78, 5) is 29.3. The van der Waals surface area contributed by atoms with Crippen LogP contribution in [-0.4, -0.2) is 44.8 Å². The van der Waals surface area contributed by atoms with Gasteiger partial charge in [-0.1, -0.05) is 23.5 Å². The molecule has 0 fully saturated rings. The van der Waals surface area contributed by atoms with Crippen molar-refractivity contribution in [3.63, 3.8) is 0 Å². The minimum atomic E-state index is -3.62. The second kappa shape index (κ2) is 8.80. The van der Waals surface area contributed by atoms with Crippen molar-refractivity contribution in [3.05, 3.63) is 52.8 Å². The summed E-state index contributed by atoms with van der Waals surface area (Å²) in [6.45, 7) is 1.79. The van der Waals surface area contributed by atoms with E-state index < -0.39 is 21.7 Å². The second-order valence-electron chi connectivity index (χ2n) is 6.29. The normalized spacial score (nSPS) is 12.2. The number of methoxy groups -OCH3 is 1. The highest BCUT2D eigenvalue weighted by Gasteiger charge is 2.19. The van der Waals surface area contributed by atoms with Crippen LogP contribution in [0.2, 0.25) is 0 Å². The van der Waals surface area contributed by atoms with Gasteiger partial charge in [0, 0.05) is 6.26 Å². The molecule has 0 N–H and O–H groups in total. The minimum Gasteiger partial charge on any atom is -0.497 e. The predicted molar refractivity (Wildman–Crippen MR) is 112 cm³/mol. The zero-order valence-electron chi connectivity index (χ0n) is 16.6. The van der Waals surface area contributed by atoms with Crippen LogP contribution < -0.4 is 9.54 Å². The number of thiazole rings is 1. The van der Waals surface area contributed by atoms with Gasteiger partial charge in [-0.05, 0) is 37.3 Å². The van der Waals surface area contributed by atoms with Crippen molar-refractivity contribution >= 4 is 43.3 Å². The number of amides is 1. The lowest BCUT2D eigenvalue weighted by Gasteiger charge is -2.06. The Morgan fingerprint density at radius 2 is 1.90 bits per heavy atom. The third kappa shape index (κ3) is 4.60. The fourth-order valence-corrected chi connectivity index (χ4v) is 4.80. The number of fused-ring (bicyclic) bond motifs is 1. The highest BCUT2D eigenvalue weighted by atomic mass is 32.2. The summed E-state index contributed by atoms with van der Waals surface area (Å²) < 4.78 is 36.7. The maximum Gasteiger partial charge on any atom is 0.326 e. The Balaban J connectivity index is 2.18. The zero-order chi connectivity index (χ0) is 21.9. The summed E-state index contributed by atoms with van der Waals surface area (Å²) in [5, 5.41) is 0. The predicted octanol–water partition coefficient (Wildman–Crippen LogP) is 2.42. The monoisotopic (exact) mass is 448 g/mol. The SMILES string of the molecule is CCOC(=O)Cn1c(=NC(=O)c2ccccc2S(C)(=O)=O)sc2cc(OC)ccc21. The maximum atomic E-state index is 12.9. The number of aromatic nitrogens is 1. The zero-order valence-corrected chi connectivity index (χ0v) is 18.2. The quantitative estimate of drug-likeness (QED) is 0.537. The van der Waals surface area contributed by atoms with E-state index in [1.807, 2.05) is 0 Å². The molecule has 1 amide bonds. The lowest BCUT2D eigenvalue weighted by molar-refractivity contribution is -0.143. The summed E-state index contributed by atoms with van der Waals surface area (Å²) in [7, 11) is -2.08. The van der Waals surface area contributed by atoms with Crippen molar-refractivity contribution in [2.45, 2.75) is 18.4 Å². The molecule has 0 atom stereocenters. The van der Waals surface area contributed by atoms with E-state index in [9.17, 15) is 18.0 Å². The highest BCUT2D eigenvalue weighted by molar-refractivity contribution is 7.90. The van der Waals surface area contributed by atoms with Crippen molar-refractivity contribution in [3.8, 4) is 5.75 Å². The van der Waals surface area contributed by atoms with Crippen LogP contribution in [0.15, 0.2) is 52.4 Å². The molecule has 0 aliphatic carbocycles. The molecule has 3 rings (SSSR count). The summed E-state index contributed by atoms with van der Waals surface area (Å²) in [5.74, 6) is -0.571. The van der Waals surface area contributed by atoms with E-state index in [2.05, 4.69) is 4.99 Å². The average molecular weight is 449 g/mol. The Bertz CT molecular complexity index is 1290. The molecule has 8 nitrogen and oxygen atoms in total. The molecule has 3 aromatic rings. The Labute approximate surface area is 177 Å². The molecule has 2 aromatic carbocycles. The third-order valence-corrected chi connectivity index (χ3v) is 6.39. The Morgan fingerprint density at radius 1 is 1.17 bits per heavy atom. The Kier molecular flexibility index (Phi) is 6.37. The number of rotatable bonds is 6. The molecule has 1 aromatic heterocycles. The van der Waals surface area contributed by atoms with Crippen molar-refractivity contribution in [2.75, 3.05) is 20.0 Å². The fourth-order valence-electron chi connectivity index (χ4n) is 2.87. The van der Waals surface area contributed by atoms with E-state index in [4.69, 9.17) is 9.47 Å². The third-order valence-electron chi connectivity index (χ3n) is 4.20. The largest absolute Gasteiger partial charge is 0.497 e. The molecule has 0 radical (unpaired) electrons. The number of esters is 1. The first-order valence-electron chi connectivity index (χ1n) is 8.95. The van der Waals surface area contributed by atoms with Gasteiger partial charge in [-0.2, -0.15) is 4.99 Å². The minimum absolute atomic E-state index is 0.0299. The van der Waals surface area contributed by atoms with E-state index in [-0.39, 0.29) is 28.4 Å². The number of hydrogen-bond acceptors (Lipinski definition) is 7. The van der Waals surface area contributed by atoms with Crippen molar-refractivity contribution in [2.24, 2.45) is 4.99 Å². The molecule has 0 saturated carbocycles. The summed E-state index contributed by atoms with van der Waals surface area (Å²) in [6.07, 6.45) is 1.03. The number of nitrogens with zero attached hydrogens (tertiary/aromatic N) is 2. The summed E-state index contributed by atoms with van der Waals surface area (Å²) in [6, 6.07) is 11.2. The van der Waals surface area contributed by atoms with Gasteiger partial charge < -0.3 is 14.0 Å². The van der Waals surface area contributed by atoms with Crippen LogP contribution in [0, 0.1) is 0 Å². The van der Waals surface area contributed by atoms with Crippen LogP contribution in [0.4, 0.5) is 0 Å². The molecule has 30 heavy (non-hydrogen) atoms. The van der Waals surface area contributed by atoms with E-state index in [1.54, 1.807) is 48.9 Å². The van der Waals surface area contributed by atoms with Gasteiger partial charge in [0.05, 0.1) is 34.4 Å². The summed E-state index contributed by atoms with van der Waals surface area (Å²) >= 11 is 1.19. The molecule has 0 unspecified atom stereocenters. The molecular formula is C20H20N2O6S2. The van der Waals surface area contributed by atoms with Gasteiger partial charge in [0.1, 0.15) is 12.3 Å². The van der Waals surface area contributed by atoms with Gasteiger partial charge in [0.2, 0.25) is 0 Å². The first-order valence-corrected chi connectivity index (χ1v) is 11.7. The number of benzene rings is 2. The molecule has 10 heteroatoms. The lowest BCUT2D eigenvalue weighted by Crippen LogP contribution is -2.23. The van der Waals surface area contributed by atoms with E-state index in [0.29, 0.717) is 11.3 Å². The van der Waals surface area contributed by atoms with Crippen LogP contribution in [0.1, 0.15) is 17.3 Å². The fraction of sp³-hybridized carbons (Fsp3) is 0.250. The molecule has 0 bridgehead atoms. The summed E-state index contributed by atoms with van der Waals surface area (Å²) in [5.41, 5.74) is 0.648. The van der Waals surface area contributed by atoms with Gasteiger partial charge in [0.15, 0.2) is 14.6 Å². The van der Waals surface area contributed by atoms with Crippen LogP contribution >= 0.6 is 11.3 Å². The lowest BCUT2D eigenvalue weighted by atomic mass is 10.2.